The summed E-state index contributed by atoms with van der Waals surface area (Å²) in [4.78, 5) is 24.3. The number of ether oxygens (including phenoxy) is 1. The fourth-order valence-corrected chi connectivity index (χ4v) is 5.29. The number of sulfonamides is 1. The Balaban J connectivity index is 1.62. The van der Waals surface area contributed by atoms with Crippen molar-refractivity contribution >= 4 is 27.6 Å². The molecule has 0 aliphatic carbocycles. The van der Waals surface area contributed by atoms with E-state index in [2.05, 4.69) is 5.32 Å². The van der Waals surface area contributed by atoms with Crippen LogP contribution in [0, 0.1) is 5.92 Å². The van der Waals surface area contributed by atoms with E-state index in [0.29, 0.717) is 31.5 Å². The van der Waals surface area contributed by atoms with Gasteiger partial charge in [-0.2, -0.15) is 4.31 Å². The van der Waals surface area contributed by atoms with E-state index in [4.69, 9.17) is 4.74 Å². The summed E-state index contributed by atoms with van der Waals surface area (Å²) >= 11 is 0. The summed E-state index contributed by atoms with van der Waals surface area (Å²) in [6, 6.07) is 15.9. The summed E-state index contributed by atoms with van der Waals surface area (Å²) in [6.45, 7) is 2.47. The number of anilines is 1. The molecule has 1 aliphatic rings. The lowest BCUT2D eigenvalue weighted by atomic mass is 9.97. The Morgan fingerprint density at radius 1 is 1.13 bits per heavy atom. The largest absolute Gasteiger partial charge is 0.469 e. The number of carbonyl (C=O) groups is 2. The number of esters is 1. The van der Waals surface area contributed by atoms with E-state index in [0.717, 1.165) is 5.56 Å². The second-order valence-corrected chi connectivity index (χ2v) is 9.75. The molecule has 1 aliphatic heterocycles. The molecule has 0 bridgehead atoms. The molecule has 1 amide bonds. The Hall–Kier alpha value is -2.71. The van der Waals surface area contributed by atoms with Crippen molar-refractivity contribution in [1.82, 2.24) is 4.31 Å². The molecule has 7 nitrogen and oxygen atoms in total. The van der Waals surface area contributed by atoms with E-state index in [1.807, 2.05) is 37.3 Å². The topological polar surface area (TPSA) is 92.8 Å². The molecule has 0 saturated carbocycles. The highest BCUT2D eigenvalue weighted by Crippen LogP contribution is 2.26. The number of amides is 1. The number of nitrogens with zero attached hydrogens (tertiary/aromatic N) is 1. The number of hydrogen-bond acceptors (Lipinski definition) is 5. The van der Waals surface area contributed by atoms with Gasteiger partial charge >= 0.3 is 5.97 Å². The van der Waals surface area contributed by atoms with Crippen molar-refractivity contribution in [3.63, 3.8) is 0 Å². The van der Waals surface area contributed by atoms with Gasteiger partial charge in [-0.1, -0.05) is 37.3 Å². The number of piperidine rings is 1. The summed E-state index contributed by atoms with van der Waals surface area (Å²) < 4.78 is 32.0. The van der Waals surface area contributed by atoms with Crippen molar-refractivity contribution < 1.29 is 22.7 Å². The monoisotopic (exact) mass is 444 g/mol. The van der Waals surface area contributed by atoms with E-state index in [-0.39, 0.29) is 29.2 Å². The number of rotatable bonds is 7. The van der Waals surface area contributed by atoms with Gasteiger partial charge in [0.2, 0.25) is 15.9 Å². The molecule has 31 heavy (non-hydrogen) atoms. The fourth-order valence-electron chi connectivity index (χ4n) is 3.77. The molecule has 1 fully saturated rings. The lowest BCUT2D eigenvalue weighted by molar-refractivity contribution is -0.146. The van der Waals surface area contributed by atoms with Crippen molar-refractivity contribution in [2.24, 2.45) is 5.92 Å². The Morgan fingerprint density at radius 3 is 2.45 bits per heavy atom. The first-order chi connectivity index (χ1) is 14.8. The van der Waals surface area contributed by atoms with Gasteiger partial charge in [-0.3, -0.25) is 9.59 Å². The van der Waals surface area contributed by atoms with Crippen molar-refractivity contribution in [2.75, 3.05) is 25.5 Å². The van der Waals surface area contributed by atoms with Gasteiger partial charge in [0.1, 0.15) is 0 Å². The van der Waals surface area contributed by atoms with Gasteiger partial charge in [0.25, 0.3) is 0 Å². The van der Waals surface area contributed by atoms with Crippen molar-refractivity contribution in [1.29, 1.82) is 0 Å². The van der Waals surface area contributed by atoms with E-state index in [9.17, 15) is 18.0 Å². The van der Waals surface area contributed by atoms with Crippen LogP contribution in [-0.2, 0) is 24.3 Å². The first-order valence-electron chi connectivity index (χ1n) is 10.3. The lowest BCUT2D eigenvalue weighted by Gasteiger charge is -2.30. The molecule has 1 heterocycles. The lowest BCUT2D eigenvalue weighted by Crippen LogP contribution is -2.42. The Morgan fingerprint density at radius 2 is 1.81 bits per heavy atom. The molecule has 2 unspecified atom stereocenters. The summed E-state index contributed by atoms with van der Waals surface area (Å²) in [5, 5.41) is 2.82. The Labute approximate surface area is 183 Å². The van der Waals surface area contributed by atoms with Crippen molar-refractivity contribution in [3.8, 4) is 0 Å². The van der Waals surface area contributed by atoms with Gasteiger partial charge in [0.05, 0.1) is 17.9 Å². The van der Waals surface area contributed by atoms with E-state index < -0.39 is 15.9 Å². The minimum atomic E-state index is -3.72. The van der Waals surface area contributed by atoms with Gasteiger partial charge in [0, 0.05) is 25.2 Å². The van der Waals surface area contributed by atoms with Gasteiger partial charge < -0.3 is 10.1 Å². The molecule has 1 N–H and O–H groups in total. The predicted octanol–water partition coefficient (Wildman–Crippen LogP) is 3.39. The molecular formula is C23H28N2O5S. The normalized spacial score (nSPS) is 18.2. The summed E-state index contributed by atoms with van der Waals surface area (Å²) in [5.41, 5.74) is 1.63. The average Bonchev–Trinajstić information content (AvgIpc) is 2.79. The molecule has 8 heteroatoms. The maximum atomic E-state index is 13.0. The fraction of sp³-hybridized carbons (Fsp3) is 0.391. The minimum absolute atomic E-state index is 0.0720. The smallest absolute Gasteiger partial charge is 0.309 e. The molecule has 0 radical (unpaired) electrons. The van der Waals surface area contributed by atoms with Crippen LogP contribution in [0.4, 0.5) is 5.69 Å². The van der Waals surface area contributed by atoms with Crippen LogP contribution in [0.1, 0.15) is 37.7 Å². The first kappa shape index (κ1) is 23.0. The number of hydrogen-bond donors (Lipinski definition) is 1. The zero-order chi connectivity index (χ0) is 22.4. The quantitative estimate of drug-likeness (QED) is 0.661. The average molecular weight is 445 g/mol. The number of methoxy groups -OCH3 is 1. The minimum Gasteiger partial charge on any atom is -0.469 e. The molecule has 1 saturated heterocycles. The SMILES string of the molecule is COC(=O)C1CCCN(S(=O)(=O)c2ccc(NC(=O)CC(C)c3ccccc3)cc2)C1. The second kappa shape index (κ2) is 10.1. The zero-order valence-electron chi connectivity index (χ0n) is 17.8. The van der Waals surface area contributed by atoms with Crippen LogP contribution in [-0.4, -0.2) is 44.8 Å². The maximum Gasteiger partial charge on any atom is 0.309 e. The van der Waals surface area contributed by atoms with E-state index >= 15 is 0 Å². The Kier molecular flexibility index (Phi) is 7.46. The van der Waals surface area contributed by atoms with Gasteiger partial charge in [-0.25, -0.2) is 8.42 Å². The number of nitrogens with one attached hydrogen (secondary N) is 1. The molecule has 2 aromatic carbocycles. The molecule has 166 valence electrons. The van der Waals surface area contributed by atoms with Crippen LogP contribution in [0.15, 0.2) is 59.5 Å². The summed E-state index contributed by atoms with van der Waals surface area (Å²) in [5.74, 6) is -0.895. The molecule has 2 aromatic rings. The van der Waals surface area contributed by atoms with Crippen LogP contribution in [0.25, 0.3) is 0 Å². The molecule has 0 aromatic heterocycles. The van der Waals surface area contributed by atoms with Crippen LogP contribution in [0.5, 0.6) is 0 Å². The molecule has 2 atom stereocenters. The van der Waals surface area contributed by atoms with Gasteiger partial charge in [-0.05, 0) is 48.6 Å². The highest BCUT2D eigenvalue weighted by molar-refractivity contribution is 7.89. The summed E-state index contributed by atoms with van der Waals surface area (Å²) in [6.07, 6.45) is 1.55. The molecular weight excluding hydrogens is 416 g/mol. The standard InChI is InChI=1S/C23H28N2O5S/c1-17(18-7-4-3-5-8-18)15-22(26)24-20-10-12-21(13-11-20)31(28,29)25-14-6-9-19(16-25)23(27)30-2/h3-5,7-8,10-13,17,19H,6,9,14-16H2,1-2H3,(H,24,26). The third kappa shape index (κ3) is 5.71. The van der Waals surface area contributed by atoms with Gasteiger partial charge in [-0.15, -0.1) is 0 Å². The highest BCUT2D eigenvalue weighted by atomic mass is 32.2. The zero-order valence-corrected chi connectivity index (χ0v) is 18.6. The number of benzene rings is 2. The van der Waals surface area contributed by atoms with Crippen LogP contribution < -0.4 is 5.32 Å². The second-order valence-electron chi connectivity index (χ2n) is 7.81. The van der Waals surface area contributed by atoms with Crippen LogP contribution in [0.3, 0.4) is 0 Å². The van der Waals surface area contributed by atoms with Crippen LogP contribution >= 0.6 is 0 Å². The molecule has 0 spiro atoms. The van der Waals surface area contributed by atoms with Crippen LogP contribution in [0.2, 0.25) is 0 Å². The van der Waals surface area contributed by atoms with Crippen molar-refractivity contribution in [3.05, 3.63) is 60.2 Å². The van der Waals surface area contributed by atoms with E-state index in [1.165, 1.54) is 23.5 Å². The van der Waals surface area contributed by atoms with E-state index in [1.54, 1.807) is 12.1 Å². The number of carbonyl (C=O) groups excluding carboxylic acids is 2. The third-order valence-corrected chi connectivity index (χ3v) is 7.43. The first-order valence-corrected chi connectivity index (χ1v) is 11.8. The predicted molar refractivity (Wildman–Crippen MR) is 118 cm³/mol. The molecule has 3 rings (SSSR count). The van der Waals surface area contributed by atoms with Gasteiger partial charge in [0.15, 0.2) is 0 Å². The maximum absolute atomic E-state index is 13.0. The summed E-state index contributed by atoms with van der Waals surface area (Å²) in [7, 11) is -2.42. The Bertz CT molecular complexity index is 1010. The van der Waals surface area contributed by atoms with Crippen molar-refractivity contribution in [2.45, 2.75) is 37.0 Å². The third-order valence-electron chi connectivity index (χ3n) is 5.55. The highest BCUT2D eigenvalue weighted by Gasteiger charge is 2.33.